The van der Waals surface area contributed by atoms with Gasteiger partial charge in [0.15, 0.2) is 5.78 Å². The summed E-state index contributed by atoms with van der Waals surface area (Å²) >= 11 is 0. The molecule has 0 aliphatic rings. The molecule has 0 spiro atoms. The molecule has 1 N–H and O–H groups in total. The fourth-order valence-corrected chi connectivity index (χ4v) is 5.28. The Bertz CT molecular complexity index is 1530. The van der Waals surface area contributed by atoms with Gasteiger partial charge in [-0.3, -0.25) is 4.79 Å². The SMILES string of the molecule is CCN(CC)c1ccc(C(=O)c2ccc(N(CC)CC)cc2)cc1.CCOc1ccc(Nc2cccc3ccccc23)cc1. The van der Waals surface area contributed by atoms with Gasteiger partial charge in [0.05, 0.1) is 6.61 Å². The molecule has 228 valence electrons. The summed E-state index contributed by atoms with van der Waals surface area (Å²) in [6.45, 7) is 15.1. The van der Waals surface area contributed by atoms with Gasteiger partial charge in [-0.25, -0.2) is 0 Å². The van der Waals surface area contributed by atoms with Crippen LogP contribution < -0.4 is 19.9 Å². The Morgan fingerprint density at radius 3 is 1.59 bits per heavy atom. The van der Waals surface area contributed by atoms with Gasteiger partial charge in [0.25, 0.3) is 0 Å². The molecule has 0 saturated heterocycles. The van der Waals surface area contributed by atoms with Crippen LogP contribution in [-0.2, 0) is 0 Å². The zero-order valence-corrected chi connectivity index (χ0v) is 26.7. The lowest BCUT2D eigenvalue weighted by Crippen LogP contribution is -2.22. The molecule has 44 heavy (non-hydrogen) atoms. The minimum atomic E-state index is 0.0761. The highest BCUT2D eigenvalue weighted by Gasteiger charge is 2.11. The first-order valence-corrected chi connectivity index (χ1v) is 15.7. The summed E-state index contributed by atoms with van der Waals surface area (Å²) in [5.41, 5.74) is 5.97. The second kappa shape index (κ2) is 16.2. The molecule has 0 aromatic heterocycles. The zero-order chi connectivity index (χ0) is 31.3. The second-order valence-electron chi connectivity index (χ2n) is 10.4. The van der Waals surface area contributed by atoms with Crippen LogP contribution in [0.3, 0.4) is 0 Å². The molecule has 5 nitrogen and oxygen atoms in total. The highest BCUT2D eigenvalue weighted by molar-refractivity contribution is 6.09. The van der Waals surface area contributed by atoms with Gasteiger partial charge in [0.2, 0.25) is 0 Å². The van der Waals surface area contributed by atoms with Crippen LogP contribution in [0.2, 0.25) is 0 Å². The van der Waals surface area contributed by atoms with E-state index in [1.54, 1.807) is 0 Å². The van der Waals surface area contributed by atoms with Crippen LogP contribution in [0.4, 0.5) is 22.7 Å². The number of ether oxygens (including phenoxy) is 1. The molecule has 0 aliphatic carbocycles. The maximum absolute atomic E-state index is 12.7. The molecular formula is C39H45N3O2. The molecular weight excluding hydrogens is 542 g/mol. The molecule has 0 saturated carbocycles. The number of hydrogen-bond acceptors (Lipinski definition) is 5. The van der Waals surface area contributed by atoms with Crippen LogP contribution in [-0.4, -0.2) is 38.6 Å². The number of benzene rings is 5. The number of fused-ring (bicyclic) bond motifs is 1. The topological polar surface area (TPSA) is 44.8 Å². The number of carbonyl (C=O) groups is 1. The molecule has 0 radical (unpaired) electrons. The summed E-state index contributed by atoms with van der Waals surface area (Å²) in [6.07, 6.45) is 0. The number of ketones is 1. The summed E-state index contributed by atoms with van der Waals surface area (Å²) < 4.78 is 5.45. The number of anilines is 4. The molecule has 0 amide bonds. The number of carbonyl (C=O) groups excluding carboxylic acids is 1. The van der Waals surface area contributed by atoms with Crippen molar-refractivity contribution in [3.8, 4) is 5.75 Å². The van der Waals surface area contributed by atoms with Gasteiger partial charge >= 0.3 is 0 Å². The van der Waals surface area contributed by atoms with Crippen molar-refractivity contribution in [3.63, 3.8) is 0 Å². The van der Waals surface area contributed by atoms with E-state index in [1.807, 2.05) is 79.7 Å². The van der Waals surface area contributed by atoms with Crippen molar-refractivity contribution in [1.29, 1.82) is 0 Å². The third-order valence-corrected chi connectivity index (χ3v) is 7.75. The third kappa shape index (κ3) is 8.19. The van der Waals surface area contributed by atoms with E-state index < -0.39 is 0 Å². The first-order valence-electron chi connectivity index (χ1n) is 15.7. The van der Waals surface area contributed by atoms with Crippen LogP contribution in [0, 0.1) is 0 Å². The first-order chi connectivity index (χ1) is 21.5. The molecule has 5 aromatic rings. The third-order valence-electron chi connectivity index (χ3n) is 7.75. The molecule has 0 atom stereocenters. The van der Waals surface area contributed by atoms with E-state index in [4.69, 9.17) is 4.74 Å². The van der Waals surface area contributed by atoms with Gasteiger partial charge in [-0.05, 0) is 119 Å². The Balaban J connectivity index is 0.000000204. The normalized spacial score (nSPS) is 10.5. The average molecular weight is 588 g/mol. The van der Waals surface area contributed by atoms with E-state index in [-0.39, 0.29) is 5.78 Å². The average Bonchev–Trinajstić information content (AvgIpc) is 3.08. The highest BCUT2D eigenvalue weighted by Crippen LogP contribution is 2.27. The molecule has 5 aromatic carbocycles. The molecule has 0 heterocycles. The van der Waals surface area contributed by atoms with E-state index in [2.05, 4.69) is 85.3 Å². The Labute approximate surface area is 263 Å². The van der Waals surface area contributed by atoms with Crippen LogP contribution in [0.15, 0.2) is 115 Å². The Morgan fingerprint density at radius 1 is 0.591 bits per heavy atom. The Kier molecular flexibility index (Phi) is 11.8. The Hall–Kier alpha value is -4.77. The summed E-state index contributed by atoms with van der Waals surface area (Å²) in [5.74, 6) is 0.975. The van der Waals surface area contributed by atoms with Gasteiger partial charge in [-0.1, -0.05) is 36.4 Å². The Morgan fingerprint density at radius 2 is 1.09 bits per heavy atom. The lowest BCUT2D eigenvalue weighted by molar-refractivity contribution is 0.103. The van der Waals surface area contributed by atoms with Crippen molar-refractivity contribution in [2.45, 2.75) is 34.6 Å². The van der Waals surface area contributed by atoms with Gasteiger partial charge < -0.3 is 19.9 Å². The number of nitrogens with one attached hydrogen (secondary N) is 1. The fraction of sp³-hybridized carbons (Fsp3) is 0.256. The molecule has 0 fully saturated rings. The van der Waals surface area contributed by atoms with E-state index in [0.717, 1.165) is 65.8 Å². The minimum Gasteiger partial charge on any atom is -0.494 e. The van der Waals surface area contributed by atoms with Crippen molar-refractivity contribution >= 4 is 39.3 Å². The second-order valence-corrected chi connectivity index (χ2v) is 10.4. The highest BCUT2D eigenvalue weighted by atomic mass is 16.5. The monoisotopic (exact) mass is 587 g/mol. The fourth-order valence-electron chi connectivity index (χ4n) is 5.28. The zero-order valence-electron chi connectivity index (χ0n) is 26.7. The van der Waals surface area contributed by atoms with Crippen LogP contribution in [0.5, 0.6) is 5.75 Å². The van der Waals surface area contributed by atoms with Crippen LogP contribution in [0.25, 0.3) is 10.8 Å². The van der Waals surface area contributed by atoms with Gasteiger partial charge in [0, 0.05) is 65.4 Å². The maximum Gasteiger partial charge on any atom is 0.193 e. The maximum atomic E-state index is 12.7. The largest absolute Gasteiger partial charge is 0.494 e. The molecule has 0 aliphatic heterocycles. The van der Waals surface area contributed by atoms with E-state index in [0.29, 0.717) is 6.61 Å². The standard InChI is InChI=1S/C21H28N2O.C18H17NO/c1-5-22(6-2)19-13-9-17(10-14-19)21(24)18-11-15-20(16-12-18)23(7-3)8-4;1-2-20-16-12-10-15(11-13-16)19-18-9-5-7-14-6-3-4-8-17(14)18/h9-16H,5-8H2,1-4H3;3-13,19H,2H2,1H3. The first kappa shape index (κ1) is 32.2. The smallest absolute Gasteiger partial charge is 0.193 e. The summed E-state index contributed by atoms with van der Waals surface area (Å²) in [7, 11) is 0. The van der Waals surface area contributed by atoms with Crippen molar-refractivity contribution < 1.29 is 9.53 Å². The van der Waals surface area contributed by atoms with E-state index >= 15 is 0 Å². The number of nitrogens with zero attached hydrogens (tertiary/aromatic N) is 2. The summed E-state index contributed by atoms with van der Waals surface area (Å²) in [5, 5.41) is 5.93. The summed E-state index contributed by atoms with van der Waals surface area (Å²) in [4.78, 5) is 17.2. The minimum absolute atomic E-state index is 0.0761. The number of rotatable bonds is 12. The van der Waals surface area contributed by atoms with Gasteiger partial charge in [0.1, 0.15) is 5.75 Å². The molecule has 5 rings (SSSR count). The molecule has 0 unspecified atom stereocenters. The van der Waals surface area contributed by atoms with Crippen LogP contribution in [0.1, 0.15) is 50.5 Å². The summed E-state index contributed by atoms with van der Waals surface area (Å²) in [6, 6.07) is 38.5. The predicted molar refractivity (Wildman–Crippen MR) is 188 cm³/mol. The number of hydrogen-bond donors (Lipinski definition) is 1. The van der Waals surface area contributed by atoms with Crippen LogP contribution >= 0.6 is 0 Å². The molecule has 5 heteroatoms. The van der Waals surface area contributed by atoms with E-state index in [9.17, 15) is 4.79 Å². The van der Waals surface area contributed by atoms with Crippen molar-refractivity contribution in [1.82, 2.24) is 0 Å². The van der Waals surface area contributed by atoms with Crippen molar-refractivity contribution in [3.05, 3.63) is 126 Å². The van der Waals surface area contributed by atoms with Crippen molar-refractivity contribution in [2.75, 3.05) is 47.9 Å². The predicted octanol–water partition coefficient (Wildman–Crippen LogP) is 9.59. The van der Waals surface area contributed by atoms with E-state index in [1.165, 1.54) is 10.8 Å². The van der Waals surface area contributed by atoms with Gasteiger partial charge in [-0.15, -0.1) is 0 Å². The van der Waals surface area contributed by atoms with Gasteiger partial charge in [-0.2, -0.15) is 0 Å². The van der Waals surface area contributed by atoms with Crippen molar-refractivity contribution in [2.24, 2.45) is 0 Å². The quantitative estimate of drug-likeness (QED) is 0.147. The lowest BCUT2D eigenvalue weighted by Gasteiger charge is -2.21. The lowest BCUT2D eigenvalue weighted by atomic mass is 10.0. The molecule has 0 bridgehead atoms.